The largest absolute Gasteiger partial charge is 0.344 e. The molecule has 1 aromatic heterocycles. The number of aromatic nitrogens is 2. The summed E-state index contributed by atoms with van der Waals surface area (Å²) < 4.78 is 12.9. The van der Waals surface area contributed by atoms with Gasteiger partial charge in [0.25, 0.3) is 0 Å². The van der Waals surface area contributed by atoms with Crippen LogP contribution in [-0.4, -0.2) is 9.97 Å². The van der Waals surface area contributed by atoms with Crippen molar-refractivity contribution in [1.82, 2.24) is 9.97 Å². The Kier molecular flexibility index (Phi) is 3.71. The number of nitrogens with zero attached hydrogens (tertiary/aromatic N) is 1. The Morgan fingerprint density at radius 1 is 1.32 bits per heavy atom. The Balaban J connectivity index is 2.39. The standard InChI is InChI=1S/C15H20FN3/c1-4-9-15(3,17)14-18-10(2)13(19-14)11-5-7-12(16)8-6-11/h5-8H,4,9,17H2,1-3H3,(H,18,19). The lowest BCUT2D eigenvalue weighted by atomic mass is 9.97. The van der Waals surface area contributed by atoms with Gasteiger partial charge in [-0.3, -0.25) is 0 Å². The molecule has 3 N–H and O–H groups in total. The van der Waals surface area contributed by atoms with Gasteiger partial charge in [-0.25, -0.2) is 9.37 Å². The lowest BCUT2D eigenvalue weighted by Crippen LogP contribution is -2.34. The fourth-order valence-corrected chi connectivity index (χ4v) is 2.26. The van der Waals surface area contributed by atoms with Crippen molar-refractivity contribution < 1.29 is 4.39 Å². The van der Waals surface area contributed by atoms with E-state index in [0.717, 1.165) is 35.6 Å². The Labute approximate surface area is 113 Å². The number of H-pyrrole nitrogens is 1. The maximum atomic E-state index is 12.9. The molecule has 0 spiro atoms. The van der Waals surface area contributed by atoms with E-state index < -0.39 is 5.54 Å². The summed E-state index contributed by atoms with van der Waals surface area (Å²) in [7, 11) is 0. The zero-order valence-electron chi connectivity index (χ0n) is 11.6. The topological polar surface area (TPSA) is 54.7 Å². The Bertz CT molecular complexity index is 555. The van der Waals surface area contributed by atoms with E-state index >= 15 is 0 Å². The number of hydrogen-bond donors (Lipinski definition) is 2. The number of nitrogens with two attached hydrogens (primary N) is 1. The summed E-state index contributed by atoms with van der Waals surface area (Å²) in [5.41, 5.74) is 8.50. The summed E-state index contributed by atoms with van der Waals surface area (Å²) in [4.78, 5) is 7.85. The highest BCUT2D eigenvalue weighted by molar-refractivity contribution is 5.61. The van der Waals surface area contributed by atoms with Crippen LogP contribution in [0.4, 0.5) is 4.39 Å². The highest BCUT2D eigenvalue weighted by Gasteiger charge is 2.25. The average molecular weight is 261 g/mol. The third-order valence-corrected chi connectivity index (χ3v) is 3.31. The van der Waals surface area contributed by atoms with Gasteiger partial charge in [0.05, 0.1) is 11.2 Å². The predicted molar refractivity (Wildman–Crippen MR) is 75.2 cm³/mol. The first-order chi connectivity index (χ1) is 8.94. The average Bonchev–Trinajstić information content (AvgIpc) is 2.73. The lowest BCUT2D eigenvalue weighted by molar-refractivity contribution is 0.423. The Hall–Kier alpha value is -1.68. The molecular formula is C15H20FN3. The second kappa shape index (κ2) is 5.13. The van der Waals surface area contributed by atoms with E-state index in [1.54, 1.807) is 12.1 Å². The molecule has 1 aromatic carbocycles. The molecule has 1 unspecified atom stereocenters. The fraction of sp³-hybridized carbons (Fsp3) is 0.400. The minimum Gasteiger partial charge on any atom is -0.344 e. The van der Waals surface area contributed by atoms with E-state index in [9.17, 15) is 4.39 Å². The van der Waals surface area contributed by atoms with Gasteiger partial charge in [0.2, 0.25) is 0 Å². The fourth-order valence-electron chi connectivity index (χ4n) is 2.26. The molecule has 102 valence electrons. The van der Waals surface area contributed by atoms with Crippen LogP contribution in [0, 0.1) is 12.7 Å². The monoisotopic (exact) mass is 261 g/mol. The first-order valence-electron chi connectivity index (χ1n) is 6.56. The summed E-state index contributed by atoms with van der Waals surface area (Å²) >= 11 is 0. The molecule has 0 aliphatic rings. The molecule has 3 nitrogen and oxygen atoms in total. The Morgan fingerprint density at radius 2 is 1.95 bits per heavy atom. The van der Waals surface area contributed by atoms with Gasteiger partial charge in [-0.2, -0.15) is 0 Å². The van der Waals surface area contributed by atoms with Gasteiger partial charge in [-0.15, -0.1) is 0 Å². The van der Waals surface area contributed by atoms with Gasteiger partial charge >= 0.3 is 0 Å². The van der Waals surface area contributed by atoms with Crippen molar-refractivity contribution in [2.45, 2.75) is 39.2 Å². The van der Waals surface area contributed by atoms with Gasteiger partial charge in [-0.05, 0) is 44.5 Å². The van der Waals surface area contributed by atoms with Crippen LogP contribution in [0.3, 0.4) is 0 Å². The molecular weight excluding hydrogens is 241 g/mol. The maximum Gasteiger partial charge on any atom is 0.126 e. The smallest absolute Gasteiger partial charge is 0.126 e. The molecule has 4 heteroatoms. The molecule has 0 bridgehead atoms. The maximum absolute atomic E-state index is 12.9. The van der Waals surface area contributed by atoms with Crippen LogP contribution >= 0.6 is 0 Å². The van der Waals surface area contributed by atoms with Crippen LogP contribution in [0.25, 0.3) is 11.3 Å². The van der Waals surface area contributed by atoms with Gasteiger partial charge in [-0.1, -0.05) is 13.3 Å². The molecule has 0 saturated heterocycles. The first-order valence-corrected chi connectivity index (χ1v) is 6.56. The number of halogens is 1. The summed E-state index contributed by atoms with van der Waals surface area (Å²) in [6.45, 7) is 6.03. The van der Waals surface area contributed by atoms with Crippen LogP contribution in [0.1, 0.15) is 38.2 Å². The van der Waals surface area contributed by atoms with E-state index in [0.29, 0.717) is 0 Å². The van der Waals surface area contributed by atoms with Crippen LogP contribution in [0.15, 0.2) is 24.3 Å². The second-order valence-electron chi connectivity index (χ2n) is 5.23. The van der Waals surface area contributed by atoms with Crippen molar-refractivity contribution in [3.8, 4) is 11.3 Å². The molecule has 0 amide bonds. The summed E-state index contributed by atoms with van der Waals surface area (Å²) in [6, 6.07) is 6.35. The number of imidazole rings is 1. The van der Waals surface area contributed by atoms with E-state index in [1.807, 2.05) is 13.8 Å². The third kappa shape index (κ3) is 2.84. The van der Waals surface area contributed by atoms with E-state index in [1.165, 1.54) is 12.1 Å². The summed E-state index contributed by atoms with van der Waals surface area (Å²) in [6.07, 6.45) is 1.86. The molecule has 19 heavy (non-hydrogen) atoms. The van der Waals surface area contributed by atoms with Crippen LogP contribution < -0.4 is 5.73 Å². The SMILES string of the molecule is CCCC(C)(N)c1nc(-c2ccc(F)cc2)c(C)[nH]1. The highest BCUT2D eigenvalue weighted by atomic mass is 19.1. The summed E-state index contributed by atoms with van der Waals surface area (Å²) in [5.74, 6) is 0.540. The molecule has 0 aliphatic carbocycles. The zero-order chi connectivity index (χ0) is 14.0. The van der Waals surface area contributed by atoms with Crippen molar-refractivity contribution in [3.05, 3.63) is 41.6 Å². The molecule has 0 fully saturated rings. The quantitative estimate of drug-likeness (QED) is 0.885. The third-order valence-electron chi connectivity index (χ3n) is 3.31. The van der Waals surface area contributed by atoms with Gasteiger partial charge in [0, 0.05) is 11.3 Å². The van der Waals surface area contributed by atoms with Crippen LogP contribution in [-0.2, 0) is 5.54 Å². The minimum atomic E-state index is -0.461. The van der Waals surface area contributed by atoms with Crippen molar-refractivity contribution in [2.24, 2.45) is 5.73 Å². The van der Waals surface area contributed by atoms with E-state index in [2.05, 4.69) is 16.9 Å². The van der Waals surface area contributed by atoms with E-state index in [-0.39, 0.29) is 5.82 Å². The number of hydrogen-bond acceptors (Lipinski definition) is 2. The first kappa shape index (κ1) is 13.7. The summed E-state index contributed by atoms with van der Waals surface area (Å²) in [5, 5.41) is 0. The molecule has 1 heterocycles. The number of aryl methyl sites for hydroxylation is 1. The van der Waals surface area contributed by atoms with E-state index in [4.69, 9.17) is 5.73 Å². The molecule has 0 radical (unpaired) electrons. The van der Waals surface area contributed by atoms with Crippen molar-refractivity contribution in [3.63, 3.8) is 0 Å². The molecule has 0 saturated carbocycles. The molecule has 2 rings (SSSR count). The zero-order valence-corrected chi connectivity index (χ0v) is 11.6. The lowest BCUT2D eigenvalue weighted by Gasteiger charge is -2.21. The van der Waals surface area contributed by atoms with Gasteiger partial charge < -0.3 is 10.7 Å². The predicted octanol–water partition coefficient (Wildman–Crippen LogP) is 3.50. The molecule has 2 aromatic rings. The second-order valence-corrected chi connectivity index (χ2v) is 5.23. The minimum absolute atomic E-state index is 0.244. The molecule has 0 aliphatic heterocycles. The Morgan fingerprint density at radius 3 is 2.53 bits per heavy atom. The number of nitrogens with one attached hydrogen (secondary N) is 1. The number of benzene rings is 1. The normalized spacial score (nSPS) is 14.4. The van der Waals surface area contributed by atoms with Crippen molar-refractivity contribution in [2.75, 3.05) is 0 Å². The molecule has 1 atom stereocenters. The number of rotatable bonds is 4. The highest BCUT2D eigenvalue weighted by Crippen LogP contribution is 2.27. The van der Waals surface area contributed by atoms with Crippen molar-refractivity contribution in [1.29, 1.82) is 0 Å². The number of aromatic amines is 1. The van der Waals surface area contributed by atoms with Gasteiger partial charge in [0.1, 0.15) is 11.6 Å². The van der Waals surface area contributed by atoms with Gasteiger partial charge in [0.15, 0.2) is 0 Å². The van der Waals surface area contributed by atoms with Crippen molar-refractivity contribution >= 4 is 0 Å². The van der Waals surface area contributed by atoms with Crippen LogP contribution in [0.2, 0.25) is 0 Å². The van der Waals surface area contributed by atoms with Crippen LogP contribution in [0.5, 0.6) is 0 Å².